The van der Waals surface area contributed by atoms with Gasteiger partial charge in [-0.05, 0) is 36.8 Å². The number of amides is 1. The van der Waals surface area contributed by atoms with E-state index in [1.807, 2.05) is 30.1 Å². The van der Waals surface area contributed by atoms with E-state index in [4.69, 9.17) is 0 Å². The van der Waals surface area contributed by atoms with Crippen LogP contribution in [0.3, 0.4) is 0 Å². The third-order valence-electron chi connectivity index (χ3n) is 3.83. The molecule has 29 heavy (non-hydrogen) atoms. The van der Waals surface area contributed by atoms with Gasteiger partial charge in [-0.2, -0.15) is 0 Å². The van der Waals surface area contributed by atoms with Crippen LogP contribution in [-0.2, 0) is 10.0 Å². The molecule has 0 radical (unpaired) electrons. The van der Waals surface area contributed by atoms with Crippen LogP contribution < -0.4 is 26.8 Å². The van der Waals surface area contributed by atoms with E-state index in [1.54, 1.807) is 12.1 Å². The number of benzene rings is 2. The van der Waals surface area contributed by atoms with Crippen molar-refractivity contribution in [3.8, 4) is 0 Å². The lowest BCUT2D eigenvalue weighted by Gasteiger charge is -2.13. The van der Waals surface area contributed by atoms with Crippen molar-refractivity contribution < 1.29 is 13.2 Å². The van der Waals surface area contributed by atoms with E-state index in [9.17, 15) is 22.8 Å². The van der Waals surface area contributed by atoms with Gasteiger partial charge in [-0.1, -0.05) is 24.3 Å². The SMILES string of the molecule is Cc1cccc(NNC(=O)c2ccccc2NS(=O)(=O)c2c[nH]c(=O)[nH]c2=O)c1. The van der Waals surface area contributed by atoms with Crippen molar-refractivity contribution in [2.45, 2.75) is 11.8 Å². The van der Waals surface area contributed by atoms with Crippen LogP contribution in [-0.4, -0.2) is 24.3 Å². The van der Waals surface area contributed by atoms with Gasteiger partial charge in [0.05, 0.1) is 16.9 Å². The van der Waals surface area contributed by atoms with Crippen molar-refractivity contribution in [1.82, 2.24) is 15.4 Å². The molecule has 0 saturated heterocycles. The number of aromatic amines is 2. The van der Waals surface area contributed by atoms with Crippen LogP contribution in [0.4, 0.5) is 11.4 Å². The molecule has 0 atom stereocenters. The number of H-pyrrole nitrogens is 2. The van der Waals surface area contributed by atoms with Crippen LogP contribution in [0.15, 0.2) is 69.2 Å². The van der Waals surface area contributed by atoms with E-state index >= 15 is 0 Å². The molecule has 150 valence electrons. The van der Waals surface area contributed by atoms with Gasteiger partial charge >= 0.3 is 5.69 Å². The largest absolute Gasteiger partial charge is 0.325 e. The van der Waals surface area contributed by atoms with E-state index in [0.717, 1.165) is 11.8 Å². The van der Waals surface area contributed by atoms with Crippen molar-refractivity contribution >= 4 is 27.3 Å². The number of nitrogens with one attached hydrogen (secondary N) is 5. The fourth-order valence-corrected chi connectivity index (χ4v) is 3.57. The molecule has 1 aromatic heterocycles. The molecule has 0 aliphatic heterocycles. The molecule has 0 aliphatic rings. The average Bonchev–Trinajstić information content (AvgIpc) is 2.66. The third kappa shape index (κ3) is 4.71. The predicted molar refractivity (Wildman–Crippen MR) is 107 cm³/mol. The summed E-state index contributed by atoms with van der Waals surface area (Å²) in [4.78, 5) is 38.7. The summed E-state index contributed by atoms with van der Waals surface area (Å²) in [6, 6.07) is 13.2. The van der Waals surface area contributed by atoms with E-state index < -0.39 is 32.1 Å². The minimum atomic E-state index is -4.35. The Kier molecular flexibility index (Phi) is 5.50. The van der Waals surface area contributed by atoms with Crippen molar-refractivity contribution in [3.63, 3.8) is 0 Å². The van der Waals surface area contributed by atoms with Gasteiger partial charge in [0.1, 0.15) is 0 Å². The molecule has 10 nitrogen and oxygen atoms in total. The smallest absolute Gasteiger partial charge is 0.313 e. The highest BCUT2D eigenvalue weighted by molar-refractivity contribution is 7.92. The molecule has 0 unspecified atom stereocenters. The van der Waals surface area contributed by atoms with Gasteiger partial charge < -0.3 is 4.98 Å². The zero-order chi connectivity index (χ0) is 21.0. The van der Waals surface area contributed by atoms with Gasteiger partial charge in [-0.3, -0.25) is 30.1 Å². The lowest BCUT2D eigenvalue weighted by atomic mass is 10.2. The van der Waals surface area contributed by atoms with E-state index in [1.165, 1.54) is 18.2 Å². The number of hydrogen-bond donors (Lipinski definition) is 5. The molecule has 0 spiro atoms. The first-order valence-corrected chi connectivity index (χ1v) is 9.81. The number of carbonyl (C=O) groups is 1. The normalized spacial score (nSPS) is 10.9. The second kappa shape index (κ2) is 8.02. The third-order valence-corrected chi connectivity index (χ3v) is 5.20. The molecule has 1 amide bonds. The van der Waals surface area contributed by atoms with Gasteiger partial charge in [0, 0.05) is 6.20 Å². The first-order valence-electron chi connectivity index (χ1n) is 8.33. The van der Waals surface area contributed by atoms with Crippen LogP contribution in [0.25, 0.3) is 0 Å². The van der Waals surface area contributed by atoms with E-state index in [0.29, 0.717) is 5.69 Å². The quantitative estimate of drug-likeness (QED) is 0.378. The molecular weight excluding hydrogens is 398 g/mol. The van der Waals surface area contributed by atoms with E-state index in [2.05, 4.69) is 20.6 Å². The van der Waals surface area contributed by atoms with Crippen molar-refractivity contribution in [2.24, 2.45) is 0 Å². The van der Waals surface area contributed by atoms with Gasteiger partial charge in [-0.15, -0.1) is 0 Å². The summed E-state index contributed by atoms with van der Waals surface area (Å²) < 4.78 is 27.2. The summed E-state index contributed by atoms with van der Waals surface area (Å²) in [6.07, 6.45) is 0.783. The maximum atomic E-state index is 12.5. The molecule has 11 heteroatoms. The van der Waals surface area contributed by atoms with Crippen LogP contribution in [0.2, 0.25) is 0 Å². The van der Waals surface area contributed by atoms with Crippen LogP contribution in [0, 0.1) is 6.92 Å². The highest BCUT2D eigenvalue weighted by Gasteiger charge is 2.21. The Morgan fingerprint density at radius 2 is 1.79 bits per heavy atom. The molecule has 1 heterocycles. The number of anilines is 2. The number of sulfonamides is 1. The zero-order valence-electron chi connectivity index (χ0n) is 15.1. The molecular formula is C18H17N5O5S. The maximum absolute atomic E-state index is 12.5. The average molecular weight is 415 g/mol. The van der Waals surface area contributed by atoms with Crippen LogP contribution in [0.1, 0.15) is 15.9 Å². The molecule has 0 aliphatic carbocycles. The number of hydrazine groups is 1. The van der Waals surface area contributed by atoms with Gasteiger partial charge in [0.2, 0.25) is 0 Å². The van der Waals surface area contributed by atoms with Crippen molar-refractivity contribution in [3.05, 3.63) is 86.7 Å². The molecule has 0 fully saturated rings. The summed E-state index contributed by atoms with van der Waals surface area (Å²) in [7, 11) is -4.35. The standard InChI is InChI=1S/C18H17N5O5S/c1-11-5-4-6-12(9-11)21-22-16(24)13-7-2-3-8-14(13)23-29(27,28)15-10-19-18(26)20-17(15)25/h2-10,21,23H,1H3,(H,22,24)(H2,19,20,25,26). The topological polar surface area (TPSA) is 153 Å². The van der Waals surface area contributed by atoms with Crippen LogP contribution >= 0.6 is 0 Å². The second-order valence-corrected chi connectivity index (χ2v) is 7.69. The molecule has 0 bridgehead atoms. The number of carbonyl (C=O) groups excluding carboxylic acids is 1. The van der Waals surface area contributed by atoms with E-state index in [-0.39, 0.29) is 11.3 Å². The summed E-state index contributed by atoms with van der Waals surface area (Å²) >= 11 is 0. The highest BCUT2D eigenvalue weighted by atomic mass is 32.2. The maximum Gasteiger partial charge on any atom is 0.325 e. The summed E-state index contributed by atoms with van der Waals surface area (Å²) in [5.74, 6) is -0.597. The first-order chi connectivity index (χ1) is 13.8. The number of aryl methyl sites for hydroxylation is 1. The Bertz CT molecular complexity index is 1280. The Balaban J connectivity index is 1.84. The number of rotatable bonds is 6. The highest BCUT2D eigenvalue weighted by Crippen LogP contribution is 2.18. The summed E-state index contributed by atoms with van der Waals surface area (Å²) in [5.41, 5.74) is 4.94. The lowest BCUT2D eigenvalue weighted by molar-refractivity contribution is 0.0963. The minimum Gasteiger partial charge on any atom is -0.313 e. The molecule has 3 aromatic rings. The molecule has 2 aromatic carbocycles. The lowest BCUT2D eigenvalue weighted by Crippen LogP contribution is -2.32. The number of hydrogen-bond acceptors (Lipinski definition) is 6. The van der Waals surface area contributed by atoms with Crippen molar-refractivity contribution in [2.75, 3.05) is 10.1 Å². The minimum absolute atomic E-state index is 0.0251. The van der Waals surface area contributed by atoms with Gasteiger partial charge in [0.15, 0.2) is 4.90 Å². The predicted octanol–water partition coefficient (Wildman–Crippen LogP) is 0.929. The first kappa shape index (κ1) is 19.9. The Morgan fingerprint density at radius 3 is 2.52 bits per heavy atom. The molecule has 5 N–H and O–H groups in total. The fraction of sp³-hybridized carbons (Fsp3) is 0.0556. The van der Waals surface area contributed by atoms with Gasteiger partial charge in [-0.25, -0.2) is 13.2 Å². The molecule has 0 saturated carbocycles. The Morgan fingerprint density at radius 1 is 1.03 bits per heavy atom. The number of aromatic nitrogens is 2. The monoisotopic (exact) mass is 415 g/mol. The zero-order valence-corrected chi connectivity index (χ0v) is 16.0. The fourth-order valence-electron chi connectivity index (χ4n) is 2.49. The van der Waals surface area contributed by atoms with Crippen molar-refractivity contribution in [1.29, 1.82) is 0 Å². The Labute approximate surface area is 165 Å². The Hall–Kier alpha value is -3.86. The van der Waals surface area contributed by atoms with Crippen LogP contribution in [0.5, 0.6) is 0 Å². The number of para-hydroxylation sites is 1. The summed E-state index contributed by atoms with van der Waals surface area (Å²) in [5, 5.41) is 0. The molecule has 3 rings (SSSR count). The van der Waals surface area contributed by atoms with Gasteiger partial charge in [0.25, 0.3) is 21.5 Å². The summed E-state index contributed by atoms with van der Waals surface area (Å²) in [6.45, 7) is 1.90. The second-order valence-electron chi connectivity index (χ2n) is 6.04.